The number of rotatable bonds is 6. The van der Waals surface area contributed by atoms with Crippen LogP contribution in [-0.4, -0.2) is 34.0 Å². The van der Waals surface area contributed by atoms with Crippen LogP contribution in [0.2, 0.25) is 0 Å². The lowest BCUT2D eigenvalue weighted by molar-refractivity contribution is 0.307. The van der Waals surface area contributed by atoms with E-state index in [0.29, 0.717) is 24.7 Å². The summed E-state index contributed by atoms with van der Waals surface area (Å²) in [7, 11) is 1.60. The summed E-state index contributed by atoms with van der Waals surface area (Å²) in [4.78, 5) is 1.29. The van der Waals surface area contributed by atoms with E-state index < -0.39 is 0 Å². The second-order valence-electron chi connectivity index (χ2n) is 3.77. The number of hydrogen-bond donors (Lipinski definition) is 2. The van der Waals surface area contributed by atoms with Gasteiger partial charge in [0.15, 0.2) is 11.5 Å². The minimum atomic E-state index is 0.182. The number of methoxy groups -OCH3 is 1. The van der Waals surface area contributed by atoms with Gasteiger partial charge in [-0.25, -0.2) is 0 Å². The van der Waals surface area contributed by atoms with Crippen molar-refractivity contribution in [2.75, 3.05) is 24.9 Å². The van der Waals surface area contributed by atoms with Crippen LogP contribution in [0.5, 0.6) is 11.5 Å². The Hall–Kier alpha value is -2.03. The molecule has 3 N–H and O–H groups in total. The molecule has 1 aromatic heterocycles. The van der Waals surface area contributed by atoms with Crippen LogP contribution in [0, 0.1) is 0 Å². The SMILES string of the molecule is CCOc1c(OC)ccc(Br)c1CNn1nnnc1N. The number of tetrazole rings is 1. The van der Waals surface area contributed by atoms with Crippen molar-refractivity contribution in [3.63, 3.8) is 0 Å². The first kappa shape index (κ1) is 14.4. The van der Waals surface area contributed by atoms with Crippen molar-refractivity contribution in [1.82, 2.24) is 20.3 Å². The number of aromatic nitrogens is 4. The van der Waals surface area contributed by atoms with E-state index in [9.17, 15) is 0 Å². The fourth-order valence-corrected chi connectivity index (χ4v) is 2.12. The molecule has 0 spiro atoms. The molecule has 0 atom stereocenters. The molecular weight excluding hydrogens is 328 g/mol. The Balaban J connectivity index is 2.27. The highest BCUT2D eigenvalue weighted by atomic mass is 79.9. The van der Waals surface area contributed by atoms with E-state index in [4.69, 9.17) is 15.2 Å². The predicted molar refractivity (Wildman–Crippen MR) is 77.2 cm³/mol. The van der Waals surface area contributed by atoms with Gasteiger partial charge in [-0.3, -0.25) is 0 Å². The summed E-state index contributed by atoms with van der Waals surface area (Å²) in [5.74, 6) is 1.52. The lowest BCUT2D eigenvalue weighted by Gasteiger charge is -2.16. The summed E-state index contributed by atoms with van der Waals surface area (Å²) in [5, 5.41) is 10.8. The standard InChI is InChI=1S/C11H15BrN6O2/c1-3-20-10-7(8(12)4-5-9(10)19-2)6-14-18-11(13)15-16-17-18/h4-5,14H,3,6H2,1-2H3,(H2,13,15,17). The highest BCUT2D eigenvalue weighted by Gasteiger charge is 2.14. The van der Waals surface area contributed by atoms with E-state index in [-0.39, 0.29) is 5.95 Å². The average Bonchev–Trinajstić information content (AvgIpc) is 2.84. The Labute approximate surface area is 124 Å². The first-order valence-corrected chi connectivity index (χ1v) is 6.72. The number of ether oxygens (including phenoxy) is 2. The van der Waals surface area contributed by atoms with Crippen molar-refractivity contribution in [2.24, 2.45) is 0 Å². The van der Waals surface area contributed by atoms with E-state index in [1.165, 1.54) is 4.79 Å². The van der Waals surface area contributed by atoms with E-state index >= 15 is 0 Å². The third kappa shape index (κ3) is 2.93. The van der Waals surface area contributed by atoms with Crippen molar-refractivity contribution in [3.05, 3.63) is 22.2 Å². The predicted octanol–water partition coefficient (Wildman–Crippen LogP) is 1.17. The molecule has 0 aliphatic rings. The van der Waals surface area contributed by atoms with Gasteiger partial charge in [-0.05, 0) is 29.5 Å². The maximum atomic E-state index is 5.65. The molecule has 108 valence electrons. The fourth-order valence-electron chi connectivity index (χ4n) is 1.67. The summed E-state index contributed by atoms with van der Waals surface area (Å²) >= 11 is 3.50. The first-order chi connectivity index (χ1) is 9.67. The van der Waals surface area contributed by atoms with E-state index in [2.05, 4.69) is 36.9 Å². The smallest absolute Gasteiger partial charge is 0.260 e. The zero-order chi connectivity index (χ0) is 14.5. The highest BCUT2D eigenvalue weighted by Crippen LogP contribution is 2.36. The Bertz CT molecular complexity index is 588. The maximum absolute atomic E-state index is 5.65. The Morgan fingerprint density at radius 1 is 1.45 bits per heavy atom. The summed E-state index contributed by atoms with van der Waals surface area (Å²) in [6, 6.07) is 3.73. The van der Waals surface area contributed by atoms with Gasteiger partial charge in [0.2, 0.25) is 0 Å². The number of nitrogen functional groups attached to an aromatic ring is 1. The molecule has 0 aliphatic heterocycles. The zero-order valence-electron chi connectivity index (χ0n) is 11.1. The number of nitrogens with one attached hydrogen (secondary N) is 1. The Kier molecular flexibility index (Phi) is 4.61. The van der Waals surface area contributed by atoms with E-state index in [1.54, 1.807) is 7.11 Å². The molecule has 0 radical (unpaired) electrons. The lowest BCUT2D eigenvalue weighted by Crippen LogP contribution is -2.19. The average molecular weight is 343 g/mol. The number of hydrogen-bond acceptors (Lipinski definition) is 7. The molecule has 1 heterocycles. The number of benzene rings is 1. The molecule has 2 aromatic rings. The normalized spacial score (nSPS) is 10.3. The van der Waals surface area contributed by atoms with E-state index in [0.717, 1.165) is 10.0 Å². The van der Waals surface area contributed by atoms with Gasteiger partial charge in [-0.2, -0.15) is 0 Å². The summed E-state index contributed by atoms with van der Waals surface area (Å²) in [6.07, 6.45) is 0. The molecule has 9 heteroatoms. The molecule has 0 fully saturated rings. The van der Waals surface area contributed by atoms with Gasteiger partial charge in [-0.15, -0.1) is 4.79 Å². The molecule has 0 amide bonds. The summed E-state index contributed by atoms with van der Waals surface area (Å²) in [5.41, 5.74) is 9.47. The zero-order valence-corrected chi connectivity index (χ0v) is 12.7. The van der Waals surface area contributed by atoms with Crippen molar-refractivity contribution >= 4 is 21.9 Å². The highest BCUT2D eigenvalue weighted by molar-refractivity contribution is 9.10. The van der Waals surface area contributed by atoms with Crippen molar-refractivity contribution < 1.29 is 9.47 Å². The Morgan fingerprint density at radius 3 is 2.85 bits per heavy atom. The van der Waals surface area contributed by atoms with Crippen LogP contribution < -0.4 is 20.6 Å². The van der Waals surface area contributed by atoms with Gasteiger partial charge in [0.25, 0.3) is 5.95 Å². The molecule has 0 bridgehead atoms. The van der Waals surface area contributed by atoms with Crippen molar-refractivity contribution in [3.8, 4) is 11.5 Å². The first-order valence-electron chi connectivity index (χ1n) is 5.93. The molecule has 0 saturated heterocycles. The van der Waals surface area contributed by atoms with Crippen LogP contribution in [0.15, 0.2) is 16.6 Å². The molecule has 0 aliphatic carbocycles. The molecular formula is C11H15BrN6O2. The molecule has 8 nitrogen and oxygen atoms in total. The number of anilines is 1. The Morgan fingerprint density at radius 2 is 2.25 bits per heavy atom. The molecule has 0 saturated carbocycles. The van der Waals surface area contributed by atoms with Crippen LogP contribution in [0.3, 0.4) is 0 Å². The fraction of sp³-hybridized carbons (Fsp3) is 0.364. The van der Waals surface area contributed by atoms with E-state index in [1.807, 2.05) is 19.1 Å². The molecule has 20 heavy (non-hydrogen) atoms. The second-order valence-corrected chi connectivity index (χ2v) is 4.63. The molecule has 1 aromatic carbocycles. The van der Waals surface area contributed by atoms with Gasteiger partial charge in [0, 0.05) is 10.0 Å². The van der Waals surface area contributed by atoms with Gasteiger partial charge in [-0.1, -0.05) is 21.0 Å². The minimum absolute atomic E-state index is 0.182. The summed E-state index contributed by atoms with van der Waals surface area (Å²) < 4.78 is 11.9. The van der Waals surface area contributed by atoms with Crippen molar-refractivity contribution in [2.45, 2.75) is 13.5 Å². The van der Waals surface area contributed by atoms with Gasteiger partial charge < -0.3 is 20.6 Å². The third-order valence-electron chi connectivity index (χ3n) is 2.58. The van der Waals surface area contributed by atoms with Gasteiger partial charge >= 0.3 is 0 Å². The minimum Gasteiger partial charge on any atom is -0.493 e. The van der Waals surface area contributed by atoms with Crippen LogP contribution in [0.25, 0.3) is 0 Å². The van der Waals surface area contributed by atoms with Crippen LogP contribution in [-0.2, 0) is 6.54 Å². The number of halogens is 1. The van der Waals surface area contributed by atoms with Crippen LogP contribution in [0.4, 0.5) is 5.95 Å². The summed E-state index contributed by atoms with van der Waals surface area (Å²) in [6.45, 7) is 2.87. The quantitative estimate of drug-likeness (QED) is 0.812. The lowest BCUT2D eigenvalue weighted by atomic mass is 10.2. The van der Waals surface area contributed by atoms with Crippen molar-refractivity contribution in [1.29, 1.82) is 0 Å². The van der Waals surface area contributed by atoms with Crippen LogP contribution >= 0.6 is 15.9 Å². The second kappa shape index (κ2) is 6.42. The van der Waals surface area contributed by atoms with Gasteiger partial charge in [0.05, 0.1) is 20.3 Å². The maximum Gasteiger partial charge on any atom is 0.260 e. The third-order valence-corrected chi connectivity index (χ3v) is 3.32. The van der Waals surface area contributed by atoms with Crippen LogP contribution in [0.1, 0.15) is 12.5 Å². The number of nitrogens with zero attached hydrogens (tertiary/aromatic N) is 4. The van der Waals surface area contributed by atoms with Gasteiger partial charge in [0.1, 0.15) is 0 Å². The number of nitrogens with two attached hydrogens (primary N) is 1. The molecule has 0 unspecified atom stereocenters. The molecule has 2 rings (SSSR count). The monoisotopic (exact) mass is 342 g/mol. The topological polar surface area (TPSA) is 100 Å². The largest absolute Gasteiger partial charge is 0.493 e.